The van der Waals surface area contributed by atoms with Crippen LogP contribution in [0.15, 0.2) is 35.1 Å². The average Bonchev–Trinajstić information content (AvgIpc) is 2.75. The van der Waals surface area contributed by atoms with Crippen LogP contribution in [0.1, 0.15) is 12.5 Å². The van der Waals surface area contributed by atoms with Crippen LogP contribution >= 0.6 is 15.9 Å². The van der Waals surface area contributed by atoms with Crippen molar-refractivity contribution in [1.29, 1.82) is 0 Å². The van der Waals surface area contributed by atoms with Crippen LogP contribution in [0.5, 0.6) is 5.75 Å². The molecular formula is C12H10BrF3N2O. The van der Waals surface area contributed by atoms with Gasteiger partial charge in [0.1, 0.15) is 10.4 Å². The number of rotatable bonds is 3. The van der Waals surface area contributed by atoms with Gasteiger partial charge in [-0.1, -0.05) is 0 Å². The van der Waals surface area contributed by atoms with Crippen molar-refractivity contribution in [3.63, 3.8) is 0 Å². The van der Waals surface area contributed by atoms with E-state index in [-0.39, 0.29) is 11.4 Å². The zero-order chi connectivity index (χ0) is 14.0. The zero-order valence-electron chi connectivity index (χ0n) is 9.91. The van der Waals surface area contributed by atoms with Crippen molar-refractivity contribution in [1.82, 2.24) is 9.78 Å². The van der Waals surface area contributed by atoms with Crippen LogP contribution in [0.4, 0.5) is 13.2 Å². The molecule has 0 fully saturated rings. The molecule has 1 aromatic carbocycles. The summed E-state index contributed by atoms with van der Waals surface area (Å²) in [4.78, 5) is 0. The predicted octanol–water partition coefficient (Wildman–Crippen LogP) is 4.05. The number of benzene rings is 1. The lowest BCUT2D eigenvalue weighted by Crippen LogP contribution is -2.12. The molecule has 0 bridgehead atoms. The van der Waals surface area contributed by atoms with Gasteiger partial charge in [0.05, 0.1) is 24.1 Å². The first-order chi connectivity index (χ1) is 8.93. The molecule has 2 rings (SSSR count). The normalized spacial score (nSPS) is 11.6. The van der Waals surface area contributed by atoms with E-state index < -0.39 is 11.7 Å². The molecule has 0 saturated carbocycles. The van der Waals surface area contributed by atoms with Crippen molar-refractivity contribution >= 4 is 15.9 Å². The Bertz CT molecular complexity index is 581. The molecule has 0 N–H and O–H groups in total. The molecule has 0 saturated heterocycles. The number of hydrogen-bond acceptors (Lipinski definition) is 2. The summed E-state index contributed by atoms with van der Waals surface area (Å²) < 4.78 is 46.0. The molecule has 0 radical (unpaired) electrons. The Hall–Kier alpha value is -1.50. The minimum Gasteiger partial charge on any atom is -0.494 e. The fourth-order valence-electron chi connectivity index (χ4n) is 1.65. The predicted molar refractivity (Wildman–Crippen MR) is 67.4 cm³/mol. The second-order valence-corrected chi connectivity index (χ2v) is 4.49. The standard InChI is InChI=1S/C12H10BrF3N2O/c1-2-19-8-3-4-10(9(7-8)12(14,15)16)18-11(13)5-6-17-18/h3-7H,2H2,1H3. The first-order valence-electron chi connectivity index (χ1n) is 5.47. The maximum absolute atomic E-state index is 13.1. The SMILES string of the molecule is CCOc1ccc(-n2nccc2Br)c(C(F)(F)F)c1. The van der Waals surface area contributed by atoms with E-state index in [0.717, 1.165) is 6.07 Å². The van der Waals surface area contributed by atoms with Crippen molar-refractivity contribution < 1.29 is 17.9 Å². The van der Waals surface area contributed by atoms with Gasteiger partial charge in [-0.3, -0.25) is 0 Å². The highest BCUT2D eigenvalue weighted by atomic mass is 79.9. The van der Waals surface area contributed by atoms with Crippen molar-refractivity contribution in [2.24, 2.45) is 0 Å². The quantitative estimate of drug-likeness (QED) is 0.846. The Balaban J connectivity index is 2.58. The lowest BCUT2D eigenvalue weighted by Gasteiger charge is -2.15. The zero-order valence-corrected chi connectivity index (χ0v) is 11.5. The van der Waals surface area contributed by atoms with Crippen molar-refractivity contribution in [3.8, 4) is 11.4 Å². The Kier molecular flexibility index (Phi) is 3.84. The van der Waals surface area contributed by atoms with E-state index in [1.54, 1.807) is 13.0 Å². The molecule has 1 heterocycles. The first-order valence-corrected chi connectivity index (χ1v) is 6.26. The summed E-state index contributed by atoms with van der Waals surface area (Å²) in [6.45, 7) is 2.02. The third-order valence-electron chi connectivity index (χ3n) is 2.41. The fraction of sp³-hybridized carbons (Fsp3) is 0.250. The molecule has 0 spiro atoms. The van der Waals surface area contributed by atoms with E-state index in [1.807, 2.05) is 0 Å². The molecule has 3 nitrogen and oxygen atoms in total. The third kappa shape index (κ3) is 2.91. The molecule has 0 unspecified atom stereocenters. The highest BCUT2D eigenvalue weighted by molar-refractivity contribution is 9.10. The number of ether oxygens (including phenoxy) is 1. The van der Waals surface area contributed by atoms with Crippen LogP contribution in [0.3, 0.4) is 0 Å². The molecule has 19 heavy (non-hydrogen) atoms. The second kappa shape index (κ2) is 5.24. The summed E-state index contributed by atoms with van der Waals surface area (Å²) in [5.41, 5.74) is -0.837. The fourth-order valence-corrected chi connectivity index (χ4v) is 2.05. The lowest BCUT2D eigenvalue weighted by molar-refractivity contribution is -0.137. The highest BCUT2D eigenvalue weighted by Crippen LogP contribution is 2.36. The van der Waals surface area contributed by atoms with Gasteiger partial charge in [0.2, 0.25) is 0 Å². The summed E-state index contributed by atoms with van der Waals surface area (Å²) in [7, 11) is 0. The van der Waals surface area contributed by atoms with Crippen molar-refractivity contribution in [3.05, 3.63) is 40.6 Å². The van der Waals surface area contributed by atoms with Crippen LogP contribution in [0.2, 0.25) is 0 Å². The minimum absolute atomic E-state index is 0.0483. The Morgan fingerprint density at radius 3 is 2.58 bits per heavy atom. The number of nitrogens with zero attached hydrogens (tertiary/aromatic N) is 2. The van der Waals surface area contributed by atoms with Crippen LogP contribution in [0, 0.1) is 0 Å². The van der Waals surface area contributed by atoms with E-state index in [9.17, 15) is 13.2 Å². The molecule has 0 aliphatic carbocycles. The van der Waals surface area contributed by atoms with Crippen molar-refractivity contribution in [2.75, 3.05) is 6.61 Å². The smallest absolute Gasteiger partial charge is 0.418 e. The van der Waals surface area contributed by atoms with Gasteiger partial charge in [-0.05, 0) is 47.1 Å². The molecule has 0 amide bonds. The average molecular weight is 335 g/mol. The summed E-state index contributed by atoms with van der Waals surface area (Å²) >= 11 is 3.16. The molecule has 0 aliphatic heterocycles. The van der Waals surface area contributed by atoms with Gasteiger partial charge in [-0.15, -0.1) is 0 Å². The molecule has 0 aliphatic rings. The lowest BCUT2D eigenvalue weighted by atomic mass is 10.1. The summed E-state index contributed by atoms with van der Waals surface area (Å²) in [6.07, 6.45) is -3.06. The van der Waals surface area contributed by atoms with Crippen LogP contribution in [0.25, 0.3) is 5.69 Å². The van der Waals surface area contributed by atoms with Crippen LogP contribution < -0.4 is 4.74 Å². The van der Waals surface area contributed by atoms with E-state index in [0.29, 0.717) is 11.2 Å². The van der Waals surface area contributed by atoms with Gasteiger partial charge >= 0.3 is 6.18 Å². The van der Waals surface area contributed by atoms with E-state index in [2.05, 4.69) is 21.0 Å². The van der Waals surface area contributed by atoms with Gasteiger partial charge in [-0.2, -0.15) is 18.3 Å². The number of hydrogen-bond donors (Lipinski definition) is 0. The maximum atomic E-state index is 13.1. The van der Waals surface area contributed by atoms with Gasteiger partial charge in [0, 0.05) is 0 Å². The van der Waals surface area contributed by atoms with Crippen LogP contribution in [-0.2, 0) is 6.18 Å². The van der Waals surface area contributed by atoms with Crippen molar-refractivity contribution in [2.45, 2.75) is 13.1 Å². The second-order valence-electron chi connectivity index (χ2n) is 3.68. The summed E-state index contributed by atoms with van der Waals surface area (Å²) in [5.74, 6) is 0.182. The maximum Gasteiger partial charge on any atom is 0.418 e. The van der Waals surface area contributed by atoms with Crippen LogP contribution in [-0.4, -0.2) is 16.4 Å². The molecule has 1 aromatic heterocycles. The topological polar surface area (TPSA) is 27.1 Å². The number of aromatic nitrogens is 2. The first kappa shape index (κ1) is 13.9. The molecule has 102 valence electrons. The summed E-state index contributed by atoms with van der Waals surface area (Å²) in [6, 6.07) is 5.37. The Morgan fingerprint density at radius 2 is 2.05 bits per heavy atom. The van der Waals surface area contributed by atoms with E-state index in [1.165, 1.54) is 23.0 Å². The largest absolute Gasteiger partial charge is 0.494 e. The number of halogens is 4. The Labute approximate surface area is 116 Å². The Morgan fingerprint density at radius 1 is 1.32 bits per heavy atom. The highest BCUT2D eigenvalue weighted by Gasteiger charge is 2.35. The van der Waals surface area contributed by atoms with E-state index >= 15 is 0 Å². The third-order valence-corrected chi connectivity index (χ3v) is 3.01. The molecular weight excluding hydrogens is 325 g/mol. The molecule has 7 heteroatoms. The minimum atomic E-state index is -4.48. The van der Waals surface area contributed by atoms with E-state index in [4.69, 9.17) is 4.74 Å². The summed E-state index contributed by atoms with van der Waals surface area (Å²) in [5, 5.41) is 3.86. The molecule has 2 aromatic rings. The van der Waals surface area contributed by atoms with Gasteiger partial charge in [-0.25, -0.2) is 4.68 Å². The van der Waals surface area contributed by atoms with Gasteiger partial charge in [0.15, 0.2) is 0 Å². The number of alkyl halides is 3. The van der Waals surface area contributed by atoms with Gasteiger partial charge < -0.3 is 4.74 Å². The monoisotopic (exact) mass is 334 g/mol. The van der Waals surface area contributed by atoms with Gasteiger partial charge in [0.25, 0.3) is 0 Å². The molecule has 0 atom stereocenters.